The molecule has 2 heteroatoms. The van der Waals surface area contributed by atoms with Crippen molar-refractivity contribution in [2.45, 2.75) is 40.0 Å². The number of likely N-dealkylation sites (tertiary alicyclic amines) is 2. The predicted molar refractivity (Wildman–Crippen MR) is 74.2 cm³/mol. The fourth-order valence-corrected chi connectivity index (χ4v) is 3.42. The molecule has 0 aliphatic carbocycles. The van der Waals surface area contributed by atoms with E-state index in [2.05, 4.69) is 30.6 Å². The quantitative estimate of drug-likeness (QED) is 0.746. The molecule has 0 saturated carbocycles. The molecule has 17 heavy (non-hydrogen) atoms. The Labute approximate surface area is 107 Å². The van der Waals surface area contributed by atoms with Gasteiger partial charge in [-0.05, 0) is 63.2 Å². The van der Waals surface area contributed by atoms with Crippen molar-refractivity contribution in [2.24, 2.45) is 17.8 Å². The van der Waals surface area contributed by atoms with Gasteiger partial charge in [0.2, 0.25) is 0 Å². The lowest BCUT2D eigenvalue weighted by Gasteiger charge is -2.40. The van der Waals surface area contributed by atoms with Gasteiger partial charge in [0.15, 0.2) is 0 Å². The van der Waals surface area contributed by atoms with Crippen LogP contribution >= 0.6 is 0 Å². The summed E-state index contributed by atoms with van der Waals surface area (Å²) in [6.45, 7) is 15.1. The molecule has 2 aliphatic rings. The number of hydrogen-bond donors (Lipinski definition) is 0. The first-order valence-electron chi connectivity index (χ1n) is 7.63. The second kappa shape index (κ2) is 6.19. The molecule has 0 bridgehead atoms. The molecule has 2 atom stereocenters. The first-order valence-corrected chi connectivity index (χ1v) is 7.63. The van der Waals surface area contributed by atoms with Gasteiger partial charge in [0.1, 0.15) is 0 Å². The van der Waals surface area contributed by atoms with E-state index < -0.39 is 0 Å². The van der Waals surface area contributed by atoms with E-state index in [4.69, 9.17) is 0 Å². The van der Waals surface area contributed by atoms with Gasteiger partial charge in [0.25, 0.3) is 0 Å². The van der Waals surface area contributed by atoms with Crippen molar-refractivity contribution >= 4 is 0 Å². The molecule has 2 rings (SSSR count). The van der Waals surface area contributed by atoms with Crippen molar-refractivity contribution in [3.63, 3.8) is 0 Å². The molecular weight excluding hydrogens is 208 g/mol. The van der Waals surface area contributed by atoms with Crippen molar-refractivity contribution in [1.29, 1.82) is 0 Å². The summed E-state index contributed by atoms with van der Waals surface area (Å²) < 4.78 is 0. The van der Waals surface area contributed by atoms with Crippen LogP contribution < -0.4 is 0 Å². The van der Waals surface area contributed by atoms with E-state index in [1.807, 2.05) is 0 Å². The maximum Gasteiger partial charge on any atom is 0.00132 e. The molecule has 0 N–H and O–H groups in total. The van der Waals surface area contributed by atoms with Gasteiger partial charge >= 0.3 is 0 Å². The van der Waals surface area contributed by atoms with Crippen LogP contribution in [0.1, 0.15) is 40.0 Å². The molecule has 0 aromatic heterocycles. The van der Waals surface area contributed by atoms with Gasteiger partial charge in [0, 0.05) is 13.1 Å². The summed E-state index contributed by atoms with van der Waals surface area (Å²) in [4.78, 5) is 5.34. The Hall–Kier alpha value is -0.0800. The summed E-state index contributed by atoms with van der Waals surface area (Å²) in [5.74, 6) is 2.81. The van der Waals surface area contributed by atoms with Gasteiger partial charge in [-0.1, -0.05) is 20.8 Å². The van der Waals surface area contributed by atoms with Crippen LogP contribution in [0.4, 0.5) is 0 Å². The monoisotopic (exact) mass is 238 g/mol. The molecule has 2 saturated heterocycles. The molecule has 2 aliphatic heterocycles. The summed E-state index contributed by atoms with van der Waals surface area (Å²) in [5.41, 5.74) is 0. The maximum atomic E-state index is 2.72. The van der Waals surface area contributed by atoms with Crippen LogP contribution in [0.25, 0.3) is 0 Å². The van der Waals surface area contributed by atoms with Gasteiger partial charge in [-0.2, -0.15) is 0 Å². The van der Waals surface area contributed by atoms with E-state index in [0.717, 1.165) is 17.8 Å². The van der Waals surface area contributed by atoms with E-state index in [-0.39, 0.29) is 0 Å². The number of nitrogens with zero attached hydrogens (tertiary/aromatic N) is 2. The van der Waals surface area contributed by atoms with Gasteiger partial charge < -0.3 is 9.80 Å². The molecule has 0 spiro atoms. The van der Waals surface area contributed by atoms with Crippen LogP contribution in [0, 0.1) is 17.8 Å². The molecule has 2 fully saturated rings. The predicted octanol–water partition coefficient (Wildman–Crippen LogP) is 2.70. The first kappa shape index (κ1) is 13.4. The minimum Gasteiger partial charge on any atom is -0.303 e. The van der Waals surface area contributed by atoms with Crippen molar-refractivity contribution in [3.8, 4) is 0 Å². The topological polar surface area (TPSA) is 6.48 Å². The van der Waals surface area contributed by atoms with Gasteiger partial charge in [-0.15, -0.1) is 0 Å². The van der Waals surface area contributed by atoms with E-state index in [1.165, 1.54) is 58.5 Å². The molecule has 2 heterocycles. The lowest BCUT2D eigenvalue weighted by molar-refractivity contribution is 0.0857. The summed E-state index contributed by atoms with van der Waals surface area (Å²) in [6.07, 6.45) is 4.26. The smallest absolute Gasteiger partial charge is 0.00132 e. The zero-order valence-corrected chi connectivity index (χ0v) is 12.0. The van der Waals surface area contributed by atoms with E-state index in [0.29, 0.717) is 0 Å². The molecule has 0 amide bonds. The normalized spacial score (nSPS) is 34.1. The summed E-state index contributed by atoms with van der Waals surface area (Å²) in [5, 5.41) is 0. The van der Waals surface area contributed by atoms with Crippen molar-refractivity contribution in [1.82, 2.24) is 9.80 Å². The Morgan fingerprint density at radius 1 is 0.941 bits per heavy atom. The van der Waals surface area contributed by atoms with E-state index in [1.54, 1.807) is 0 Å². The van der Waals surface area contributed by atoms with E-state index in [9.17, 15) is 0 Å². The fraction of sp³-hybridized carbons (Fsp3) is 1.00. The van der Waals surface area contributed by atoms with Crippen LogP contribution in [-0.4, -0.2) is 49.1 Å². The molecule has 0 radical (unpaired) electrons. The third-order valence-electron chi connectivity index (χ3n) is 4.98. The Morgan fingerprint density at radius 3 is 2.18 bits per heavy atom. The summed E-state index contributed by atoms with van der Waals surface area (Å²) >= 11 is 0. The number of hydrogen-bond acceptors (Lipinski definition) is 2. The number of rotatable bonds is 3. The zero-order valence-electron chi connectivity index (χ0n) is 12.0. The highest BCUT2D eigenvalue weighted by Gasteiger charge is 2.27. The fourth-order valence-electron chi connectivity index (χ4n) is 3.42. The first-order chi connectivity index (χ1) is 8.19. The largest absolute Gasteiger partial charge is 0.303 e. The molecule has 1 unspecified atom stereocenters. The summed E-state index contributed by atoms with van der Waals surface area (Å²) in [6, 6.07) is 0. The molecule has 100 valence electrons. The third kappa shape index (κ3) is 3.69. The highest BCUT2D eigenvalue weighted by Crippen LogP contribution is 2.26. The lowest BCUT2D eigenvalue weighted by Crippen LogP contribution is -2.45. The summed E-state index contributed by atoms with van der Waals surface area (Å²) in [7, 11) is 0. The highest BCUT2D eigenvalue weighted by atomic mass is 15.2. The Bertz CT molecular complexity index is 221. The Kier molecular flexibility index (Phi) is 4.87. The minimum atomic E-state index is 0.892. The van der Waals surface area contributed by atoms with Crippen molar-refractivity contribution in [3.05, 3.63) is 0 Å². The average molecular weight is 238 g/mol. The van der Waals surface area contributed by atoms with Crippen LogP contribution in [0.5, 0.6) is 0 Å². The molecular formula is C15H30N2. The lowest BCUT2D eigenvalue weighted by atomic mass is 9.85. The van der Waals surface area contributed by atoms with Gasteiger partial charge in [-0.3, -0.25) is 0 Å². The SMILES string of the molecule is CCN1CCC(CN2CCC(C)CC2)[C@H](C)C1. The van der Waals surface area contributed by atoms with Crippen LogP contribution in [0.2, 0.25) is 0 Å². The minimum absolute atomic E-state index is 0.892. The Balaban J connectivity index is 1.75. The van der Waals surface area contributed by atoms with Crippen LogP contribution in [0.15, 0.2) is 0 Å². The van der Waals surface area contributed by atoms with Crippen molar-refractivity contribution in [2.75, 3.05) is 39.3 Å². The molecule has 0 aromatic rings. The average Bonchev–Trinajstić information content (AvgIpc) is 2.34. The second-order valence-corrected chi connectivity index (χ2v) is 6.40. The number of piperidine rings is 2. The maximum absolute atomic E-state index is 2.72. The van der Waals surface area contributed by atoms with Crippen LogP contribution in [0.3, 0.4) is 0 Å². The third-order valence-corrected chi connectivity index (χ3v) is 4.98. The second-order valence-electron chi connectivity index (χ2n) is 6.40. The zero-order chi connectivity index (χ0) is 12.3. The molecule has 0 aromatic carbocycles. The van der Waals surface area contributed by atoms with Crippen LogP contribution in [-0.2, 0) is 0 Å². The van der Waals surface area contributed by atoms with Gasteiger partial charge in [-0.25, -0.2) is 0 Å². The Morgan fingerprint density at radius 2 is 1.59 bits per heavy atom. The molecule has 2 nitrogen and oxygen atoms in total. The standard InChI is InChI=1S/C15H30N2/c1-4-16-10-7-15(14(3)11-16)12-17-8-5-13(2)6-9-17/h13-15H,4-12H2,1-3H3/t14-,15?/m1/s1. The van der Waals surface area contributed by atoms with Gasteiger partial charge in [0.05, 0.1) is 0 Å². The van der Waals surface area contributed by atoms with Crippen molar-refractivity contribution < 1.29 is 0 Å². The highest BCUT2D eigenvalue weighted by molar-refractivity contribution is 4.81. The van der Waals surface area contributed by atoms with E-state index >= 15 is 0 Å².